The first-order valence-corrected chi connectivity index (χ1v) is 5.54. The van der Waals surface area contributed by atoms with Gasteiger partial charge in [0.05, 0.1) is 12.2 Å². The Morgan fingerprint density at radius 2 is 2.41 bits per heavy atom. The number of para-hydroxylation sites is 1. The summed E-state index contributed by atoms with van der Waals surface area (Å²) in [6, 6.07) is 4.83. The molecule has 1 aromatic rings. The minimum absolute atomic E-state index is 0.284. The molecule has 1 aliphatic heterocycles. The molecule has 0 bridgehead atoms. The van der Waals surface area contributed by atoms with E-state index < -0.39 is 12.0 Å². The van der Waals surface area contributed by atoms with Gasteiger partial charge < -0.3 is 20.5 Å². The third-order valence-corrected chi connectivity index (χ3v) is 2.92. The molecule has 1 unspecified atom stereocenters. The summed E-state index contributed by atoms with van der Waals surface area (Å²) in [6.45, 7) is 1.45. The van der Waals surface area contributed by atoms with Crippen LogP contribution in [0.3, 0.4) is 0 Å². The van der Waals surface area contributed by atoms with Crippen LogP contribution in [0.25, 0.3) is 0 Å². The molecule has 0 saturated heterocycles. The fraction of sp³-hybridized carbons (Fsp3) is 0.417. The van der Waals surface area contributed by atoms with Crippen molar-refractivity contribution < 1.29 is 14.6 Å². The molecule has 0 amide bonds. The normalized spacial score (nSPS) is 16.0. The predicted octanol–water partition coefficient (Wildman–Crippen LogP) is 0.470. The first-order valence-electron chi connectivity index (χ1n) is 5.54. The summed E-state index contributed by atoms with van der Waals surface area (Å²) in [5.41, 5.74) is 7.39. The van der Waals surface area contributed by atoms with Crippen LogP contribution in [-0.2, 0) is 11.2 Å². The maximum Gasteiger partial charge on any atom is 0.320 e. The lowest BCUT2D eigenvalue weighted by molar-refractivity contribution is -0.138. The number of hydrogen-bond donors (Lipinski definition) is 2. The van der Waals surface area contributed by atoms with Gasteiger partial charge in [-0.1, -0.05) is 12.1 Å². The van der Waals surface area contributed by atoms with Crippen molar-refractivity contribution in [1.29, 1.82) is 0 Å². The fourth-order valence-corrected chi connectivity index (χ4v) is 1.93. The van der Waals surface area contributed by atoms with Crippen molar-refractivity contribution in [3.8, 4) is 5.75 Å². The molecule has 3 N–H and O–H groups in total. The van der Waals surface area contributed by atoms with E-state index in [9.17, 15) is 4.79 Å². The van der Waals surface area contributed by atoms with Crippen LogP contribution in [0.1, 0.15) is 5.56 Å². The number of rotatable bonds is 3. The number of carboxylic acid groups (broad SMARTS) is 1. The standard InChI is InChI=1S/C12H16N2O3/c1-14-5-6-17-11-8(3-2-4-10(11)14)7-9(13)12(15)16/h2-4,9H,5-7,13H2,1H3,(H,15,16). The van der Waals surface area contributed by atoms with Crippen molar-refractivity contribution >= 4 is 11.7 Å². The van der Waals surface area contributed by atoms with E-state index in [-0.39, 0.29) is 6.42 Å². The van der Waals surface area contributed by atoms with Crippen LogP contribution in [0.4, 0.5) is 5.69 Å². The molecule has 1 atom stereocenters. The molecule has 5 heteroatoms. The monoisotopic (exact) mass is 236 g/mol. The average molecular weight is 236 g/mol. The quantitative estimate of drug-likeness (QED) is 0.798. The zero-order valence-electron chi connectivity index (χ0n) is 9.72. The van der Waals surface area contributed by atoms with Gasteiger partial charge >= 0.3 is 5.97 Å². The molecule has 0 fully saturated rings. The summed E-state index contributed by atoms with van der Waals surface area (Å²) in [5.74, 6) is -0.232. The van der Waals surface area contributed by atoms with Gasteiger partial charge in [-0.3, -0.25) is 4.79 Å². The topological polar surface area (TPSA) is 75.8 Å². The van der Waals surface area contributed by atoms with Crippen LogP contribution < -0.4 is 15.4 Å². The smallest absolute Gasteiger partial charge is 0.320 e. The van der Waals surface area contributed by atoms with Gasteiger partial charge in [0, 0.05) is 13.5 Å². The van der Waals surface area contributed by atoms with Crippen LogP contribution in [-0.4, -0.2) is 37.3 Å². The van der Waals surface area contributed by atoms with Crippen molar-refractivity contribution in [2.45, 2.75) is 12.5 Å². The second-order valence-electron chi connectivity index (χ2n) is 4.18. The molecule has 1 aromatic carbocycles. The summed E-state index contributed by atoms with van der Waals surface area (Å²) in [5, 5.41) is 8.82. The van der Waals surface area contributed by atoms with Gasteiger partial charge in [-0.2, -0.15) is 0 Å². The van der Waals surface area contributed by atoms with Gasteiger partial charge in [0.25, 0.3) is 0 Å². The van der Waals surface area contributed by atoms with E-state index in [1.165, 1.54) is 0 Å². The SMILES string of the molecule is CN1CCOc2c(CC(N)C(=O)O)cccc21. The molecule has 0 spiro atoms. The van der Waals surface area contributed by atoms with Gasteiger partial charge in [-0.25, -0.2) is 0 Å². The molecule has 5 nitrogen and oxygen atoms in total. The highest BCUT2D eigenvalue weighted by atomic mass is 16.5. The minimum atomic E-state index is -0.994. The number of likely N-dealkylation sites (N-methyl/N-ethyl adjacent to an activating group) is 1. The number of nitrogens with zero attached hydrogens (tertiary/aromatic N) is 1. The zero-order valence-corrected chi connectivity index (χ0v) is 9.72. The lowest BCUT2D eigenvalue weighted by Crippen LogP contribution is -2.33. The van der Waals surface area contributed by atoms with Crippen LogP contribution in [0, 0.1) is 0 Å². The third kappa shape index (κ3) is 2.34. The van der Waals surface area contributed by atoms with Crippen LogP contribution in [0.15, 0.2) is 18.2 Å². The number of hydrogen-bond acceptors (Lipinski definition) is 4. The summed E-state index contributed by atoms with van der Waals surface area (Å²) in [4.78, 5) is 12.9. The van der Waals surface area contributed by atoms with Crippen molar-refractivity contribution in [3.05, 3.63) is 23.8 Å². The van der Waals surface area contributed by atoms with Crippen molar-refractivity contribution in [1.82, 2.24) is 0 Å². The number of benzene rings is 1. The highest BCUT2D eigenvalue weighted by molar-refractivity contribution is 5.74. The van der Waals surface area contributed by atoms with Crippen molar-refractivity contribution in [2.24, 2.45) is 5.73 Å². The van der Waals surface area contributed by atoms with E-state index in [0.29, 0.717) is 6.61 Å². The molecule has 1 aliphatic rings. The Morgan fingerprint density at radius 1 is 1.65 bits per heavy atom. The highest BCUT2D eigenvalue weighted by Crippen LogP contribution is 2.34. The summed E-state index contributed by atoms with van der Waals surface area (Å²) in [6.07, 6.45) is 0.284. The number of carbonyl (C=O) groups is 1. The number of aliphatic carboxylic acids is 1. The first-order chi connectivity index (χ1) is 8.09. The molecule has 0 aliphatic carbocycles. The number of carboxylic acids is 1. The van der Waals surface area contributed by atoms with Gasteiger partial charge in [-0.05, 0) is 11.6 Å². The minimum Gasteiger partial charge on any atom is -0.489 e. The molecule has 92 valence electrons. The van der Waals surface area contributed by atoms with Crippen molar-refractivity contribution in [3.63, 3.8) is 0 Å². The van der Waals surface area contributed by atoms with E-state index in [0.717, 1.165) is 23.5 Å². The maximum absolute atomic E-state index is 10.8. The summed E-state index contributed by atoms with van der Waals surface area (Å²) >= 11 is 0. The number of ether oxygens (including phenoxy) is 1. The highest BCUT2D eigenvalue weighted by Gasteiger charge is 2.21. The first kappa shape index (κ1) is 11.7. The Kier molecular flexibility index (Phi) is 3.19. The third-order valence-electron chi connectivity index (χ3n) is 2.92. The second-order valence-corrected chi connectivity index (χ2v) is 4.18. The zero-order chi connectivity index (χ0) is 12.4. The summed E-state index contributed by atoms with van der Waals surface area (Å²) in [7, 11) is 1.99. The van der Waals surface area contributed by atoms with Crippen LogP contribution in [0.5, 0.6) is 5.75 Å². The number of nitrogens with two attached hydrogens (primary N) is 1. The van der Waals surface area contributed by atoms with E-state index >= 15 is 0 Å². The fourth-order valence-electron chi connectivity index (χ4n) is 1.93. The van der Waals surface area contributed by atoms with E-state index in [2.05, 4.69) is 4.90 Å². The average Bonchev–Trinajstić information content (AvgIpc) is 2.30. The van der Waals surface area contributed by atoms with Gasteiger partial charge in [0.15, 0.2) is 0 Å². The molecular weight excluding hydrogens is 220 g/mol. The number of fused-ring (bicyclic) bond motifs is 1. The number of anilines is 1. The second kappa shape index (κ2) is 4.63. The molecule has 0 saturated carbocycles. The van der Waals surface area contributed by atoms with Gasteiger partial charge in [0.1, 0.15) is 18.4 Å². The Bertz CT molecular complexity index is 434. The van der Waals surface area contributed by atoms with Gasteiger partial charge in [0.2, 0.25) is 0 Å². The maximum atomic E-state index is 10.8. The van der Waals surface area contributed by atoms with E-state index in [1.807, 2.05) is 25.2 Å². The largest absolute Gasteiger partial charge is 0.489 e. The molecule has 2 rings (SSSR count). The Balaban J connectivity index is 2.29. The van der Waals surface area contributed by atoms with Crippen LogP contribution >= 0.6 is 0 Å². The molecule has 1 heterocycles. The lowest BCUT2D eigenvalue weighted by atomic mass is 10.0. The Labute approximate surface area is 99.8 Å². The molecule has 0 aromatic heterocycles. The van der Waals surface area contributed by atoms with Crippen LogP contribution in [0.2, 0.25) is 0 Å². The van der Waals surface area contributed by atoms with Crippen molar-refractivity contribution in [2.75, 3.05) is 25.1 Å². The molecular formula is C12H16N2O3. The Morgan fingerprint density at radius 3 is 3.12 bits per heavy atom. The lowest BCUT2D eigenvalue weighted by Gasteiger charge is -2.29. The van der Waals surface area contributed by atoms with Gasteiger partial charge in [-0.15, -0.1) is 0 Å². The summed E-state index contributed by atoms with van der Waals surface area (Å²) < 4.78 is 5.62. The predicted molar refractivity (Wildman–Crippen MR) is 64.5 cm³/mol. The van der Waals surface area contributed by atoms with E-state index in [1.54, 1.807) is 0 Å². The van der Waals surface area contributed by atoms with E-state index in [4.69, 9.17) is 15.6 Å². The molecule has 0 radical (unpaired) electrons. The Hall–Kier alpha value is -1.75. The molecule has 17 heavy (non-hydrogen) atoms.